The van der Waals surface area contributed by atoms with Crippen LogP contribution in [-0.2, 0) is 4.79 Å². The molecule has 3 N–H and O–H groups in total. The normalized spacial score (nSPS) is 13.7. The summed E-state index contributed by atoms with van der Waals surface area (Å²) in [6.45, 7) is 6.49. The third kappa shape index (κ3) is 3.74. The number of rotatable bonds is 7. The Morgan fingerprint density at radius 1 is 1.21 bits per heavy atom. The zero-order valence-electron chi connectivity index (χ0n) is 16.6. The van der Waals surface area contributed by atoms with Crippen molar-refractivity contribution >= 4 is 40.4 Å². The summed E-state index contributed by atoms with van der Waals surface area (Å²) in [6, 6.07) is 8.34. The number of aromatic nitrogens is 2. The first-order valence-electron chi connectivity index (χ1n) is 9.86. The molecule has 146 valence electrons. The molecular weight excluding hydrogens is 368 g/mol. The van der Waals surface area contributed by atoms with E-state index in [1.165, 1.54) is 11.1 Å². The van der Waals surface area contributed by atoms with Crippen LogP contribution in [0.1, 0.15) is 37.3 Å². The monoisotopic (exact) mass is 394 g/mol. The fourth-order valence-corrected chi connectivity index (χ4v) is 4.04. The minimum absolute atomic E-state index is 0.0738. The number of carbonyl (C=O) groups is 1. The molecule has 1 aliphatic rings. The van der Waals surface area contributed by atoms with Crippen molar-refractivity contribution in [2.24, 2.45) is 5.92 Å². The van der Waals surface area contributed by atoms with Gasteiger partial charge in [0.05, 0.1) is 0 Å². The SMILES string of the molecule is CCCSNc1ccc(-c2cc(NC(=O)C3CC3)nc3[nH]ccc23)c(C)c1C. The number of pyridine rings is 1. The van der Waals surface area contributed by atoms with Gasteiger partial charge in [-0.3, -0.25) is 4.79 Å². The number of nitrogens with zero attached hydrogens (tertiary/aromatic N) is 1. The van der Waals surface area contributed by atoms with Gasteiger partial charge in [0.1, 0.15) is 11.5 Å². The lowest BCUT2D eigenvalue weighted by atomic mass is 9.94. The smallest absolute Gasteiger partial charge is 0.228 e. The van der Waals surface area contributed by atoms with Crippen LogP contribution in [-0.4, -0.2) is 21.6 Å². The van der Waals surface area contributed by atoms with E-state index in [-0.39, 0.29) is 11.8 Å². The summed E-state index contributed by atoms with van der Waals surface area (Å²) in [6.07, 6.45) is 5.00. The molecule has 1 saturated carbocycles. The average Bonchev–Trinajstić information content (AvgIpc) is 3.43. The summed E-state index contributed by atoms with van der Waals surface area (Å²) in [7, 11) is 0. The number of H-pyrrole nitrogens is 1. The molecule has 1 fully saturated rings. The van der Waals surface area contributed by atoms with Crippen LogP contribution in [0.2, 0.25) is 0 Å². The molecule has 5 nitrogen and oxygen atoms in total. The Labute approximate surface area is 169 Å². The third-order valence-corrected chi connectivity index (χ3v) is 6.27. The number of anilines is 2. The van der Waals surface area contributed by atoms with E-state index in [2.05, 4.69) is 52.9 Å². The van der Waals surface area contributed by atoms with E-state index in [1.54, 1.807) is 11.9 Å². The number of hydrogen-bond acceptors (Lipinski definition) is 4. The topological polar surface area (TPSA) is 69.8 Å². The molecule has 1 aliphatic carbocycles. The highest BCUT2D eigenvalue weighted by Gasteiger charge is 2.30. The van der Waals surface area contributed by atoms with Crippen molar-refractivity contribution in [1.29, 1.82) is 0 Å². The van der Waals surface area contributed by atoms with E-state index in [4.69, 9.17) is 0 Å². The summed E-state index contributed by atoms with van der Waals surface area (Å²) in [5.41, 5.74) is 6.67. The minimum atomic E-state index is 0.0738. The van der Waals surface area contributed by atoms with Crippen molar-refractivity contribution in [1.82, 2.24) is 9.97 Å². The predicted molar refractivity (Wildman–Crippen MR) is 119 cm³/mol. The zero-order chi connectivity index (χ0) is 19.7. The molecule has 0 atom stereocenters. The first-order chi connectivity index (χ1) is 13.6. The Morgan fingerprint density at radius 3 is 2.79 bits per heavy atom. The van der Waals surface area contributed by atoms with Crippen molar-refractivity contribution in [3.63, 3.8) is 0 Å². The molecule has 0 aliphatic heterocycles. The van der Waals surface area contributed by atoms with Crippen LogP contribution in [0, 0.1) is 19.8 Å². The van der Waals surface area contributed by atoms with Gasteiger partial charge < -0.3 is 15.0 Å². The molecule has 6 heteroatoms. The fraction of sp³-hybridized carbons (Fsp3) is 0.364. The second-order valence-corrected chi connectivity index (χ2v) is 8.32. The maximum absolute atomic E-state index is 12.2. The molecule has 2 heterocycles. The molecule has 0 unspecified atom stereocenters. The standard InChI is InChI=1S/C22H26N4OS/c1-4-11-28-26-19-8-7-16(13(2)14(19)3)18-12-20(25-22(27)15-5-6-15)24-21-17(18)9-10-23-21/h7-10,12,15,26H,4-6,11H2,1-3H3,(H2,23,24,25,27). The van der Waals surface area contributed by atoms with Gasteiger partial charge in [-0.25, -0.2) is 4.98 Å². The van der Waals surface area contributed by atoms with Gasteiger partial charge in [0, 0.05) is 28.9 Å². The molecule has 0 bridgehead atoms. The molecular formula is C22H26N4OS. The summed E-state index contributed by atoms with van der Waals surface area (Å²) in [5.74, 6) is 1.92. The Morgan fingerprint density at radius 2 is 2.04 bits per heavy atom. The van der Waals surface area contributed by atoms with Crippen LogP contribution in [0.5, 0.6) is 0 Å². The number of carbonyl (C=O) groups excluding carboxylic acids is 1. The van der Waals surface area contributed by atoms with Crippen molar-refractivity contribution in [2.75, 3.05) is 15.8 Å². The Bertz CT molecular complexity index is 1020. The van der Waals surface area contributed by atoms with Crippen molar-refractivity contribution in [2.45, 2.75) is 40.0 Å². The van der Waals surface area contributed by atoms with Crippen LogP contribution in [0.25, 0.3) is 22.2 Å². The number of benzene rings is 1. The Kier molecular flexibility index (Phi) is 5.31. The van der Waals surface area contributed by atoms with Gasteiger partial charge in [0.15, 0.2) is 0 Å². The maximum Gasteiger partial charge on any atom is 0.228 e. The summed E-state index contributed by atoms with van der Waals surface area (Å²) in [5, 5.41) is 4.05. The zero-order valence-corrected chi connectivity index (χ0v) is 17.4. The van der Waals surface area contributed by atoms with Gasteiger partial charge >= 0.3 is 0 Å². The molecule has 28 heavy (non-hydrogen) atoms. The average molecular weight is 395 g/mol. The van der Waals surface area contributed by atoms with Crippen LogP contribution < -0.4 is 10.0 Å². The third-order valence-electron chi connectivity index (χ3n) is 5.29. The molecule has 0 saturated heterocycles. The van der Waals surface area contributed by atoms with Crippen molar-refractivity contribution in [3.05, 3.63) is 41.6 Å². The van der Waals surface area contributed by atoms with E-state index < -0.39 is 0 Å². The molecule has 0 spiro atoms. The summed E-state index contributed by atoms with van der Waals surface area (Å²) < 4.78 is 3.46. The number of fused-ring (bicyclic) bond motifs is 1. The molecule has 2 aromatic heterocycles. The quantitative estimate of drug-likeness (QED) is 0.357. The van der Waals surface area contributed by atoms with Gasteiger partial charge in [0.2, 0.25) is 5.91 Å². The number of aromatic amines is 1. The van der Waals surface area contributed by atoms with E-state index in [1.807, 2.05) is 18.3 Å². The lowest BCUT2D eigenvalue weighted by Gasteiger charge is -2.16. The Hall–Kier alpha value is -2.47. The van der Waals surface area contributed by atoms with Crippen LogP contribution >= 0.6 is 11.9 Å². The highest BCUT2D eigenvalue weighted by atomic mass is 32.2. The first kappa shape index (κ1) is 18.9. The lowest BCUT2D eigenvalue weighted by molar-refractivity contribution is -0.117. The van der Waals surface area contributed by atoms with Gasteiger partial charge in [-0.15, -0.1) is 0 Å². The second-order valence-electron chi connectivity index (χ2n) is 7.42. The summed E-state index contributed by atoms with van der Waals surface area (Å²) >= 11 is 1.74. The van der Waals surface area contributed by atoms with Gasteiger partial charge in [-0.05, 0) is 73.6 Å². The number of amides is 1. The van der Waals surface area contributed by atoms with Gasteiger partial charge in [-0.1, -0.05) is 24.9 Å². The predicted octanol–water partition coefficient (Wildman–Crippen LogP) is 5.67. The van der Waals surface area contributed by atoms with Crippen molar-refractivity contribution < 1.29 is 4.79 Å². The summed E-state index contributed by atoms with van der Waals surface area (Å²) in [4.78, 5) is 20.0. The number of nitrogens with one attached hydrogen (secondary N) is 3. The van der Waals surface area contributed by atoms with Crippen LogP contribution in [0.15, 0.2) is 30.5 Å². The van der Waals surface area contributed by atoms with E-state index in [0.717, 1.165) is 52.9 Å². The second kappa shape index (κ2) is 7.87. The molecule has 3 aromatic rings. The van der Waals surface area contributed by atoms with Crippen LogP contribution in [0.4, 0.5) is 11.5 Å². The maximum atomic E-state index is 12.2. The lowest BCUT2D eigenvalue weighted by Crippen LogP contribution is -2.14. The van der Waals surface area contributed by atoms with E-state index in [9.17, 15) is 4.79 Å². The molecule has 1 amide bonds. The molecule has 4 rings (SSSR count). The largest absolute Gasteiger partial charge is 0.346 e. The molecule has 1 aromatic carbocycles. The van der Waals surface area contributed by atoms with E-state index >= 15 is 0 Å². The highest BCUT2D eigenvalue weighted by Crippen LogP contribution is 2.36. The minimum Gasteiger partial charge on any atom is -0.346 e. The van der Waals surface area contributed by atoms with Gasteiger partial charge in [-0.2, -0.15) is 0 Å². The fourth-order valence-electron chi connectivity index (χ4n) is 3.35. The Balaban J connectivity index is 1.72. The molecule has 0 radical (unpaired) electrons. The van der Waals surface area contributed by atoms with Gasteiger partial charge in [0.25, 0.3) is 0 Å². The van der Waals surface area contributed by atoms with Crippen molar-refractivity contribution in [3.8, 4) is 11.1 Å². The number of hydrogen-bond donors (Lipinski definition) is 3. The van der Waals surface area contributed by atoms with Crippen LogP contribution in [0.3, 0.4) is 0 Å². The first-order valence-corrected chi connectivity index (χ1v) is 10.8. The highest BCUT2D eigenvalue weighted by molar-refractivity contribution is 8.00. The van der Waals surface area contributed by atoms with E-state index in [0.29, 0.717) is 5.82 Å².